The van der Waals surface area contributed by atoms with E-state index in [1.54, 1.807) is 11.3 Å². The molecule has 1 aromatic carbocycles. The molecule has 2 nitrogen and oxygen atoms in total. The lowest BCUT2D eigenvalue weighted by Crippen LogP contribution is -2.34. The minimum absolute atomic E-state index is 0.0871. The number of rotatable bonds is 4. The topological polar surface area (TPSA) is 52.0 Å². The van der Waals surface area contributed by atoms with Crippen LogP contribution in [-0.2, 0) is 11.8 Å². The first kappa shape index (κ1) is 12.1. The zero-order valence-corrected chi connectivity index (χ0v) is 10.8. The van der Waals surface area contributed by atoms with Crippen molar-refractivity contribution in [3.8, 4) is 0 Å². The van der Waals surface area contributed by atoms with Crippen molar-refractivity contribution in [1.82, 2.24) is 0 Å². The van der Waals surface area contributed by atoms with E-state index in [-0.39, 0.29) is 5.41 Å². The van der Waals surface area contributed by atoms with Crippen molar-refractivity contribution in [1.29, 1.82) is 0 Å². The number of benzene rings is 1. The zero-order chi connectivity index (χ0) is 12.3. The van der Waals surface area contributed by atoms with Crippen LogP contribution in [0.25, 0.3) is 0 Å². The Labute approximate surface area is 106 Å². The Kier molecular flexibility index (Phi) is 3.50. The molecule has 1 unspecified atom stereocenters. The predicted molar refractivity (Wildman–Crippen MR) is 75.3 cm³/mol. The minimum Gasteiger partial charge on any atom is -0.398 e. The van der Waals surface area contributed by atoms with Gasteiger partial charge in [0, 0.05) is 22.5 Å². The Hall–Kier alpha value is -1.32. The number of nitrogen functional groups attached to an aromatic ring is 1. The van der Waals surface area contributed by atoms with Crippen molar-refractivity contribution >= 4 is 17.0 Å². The quantitative estimate of drug-likeness (QED) is 0.815. The highest BCUT2D eigenvalue weighted by Gasteiger charge is 2.27. The average molecular weight is 246 g/mol. The molecule has 0 amide bonds. The predicted octanol–water partition coefficient (Wildman–Crippen LogP) is 2.79. The molecule has 3 heteroatoms. The second-order valence-corrected chi connectivity index (χ2v) is 5.64. The van der Waals surface area contributed by atoms with Gasteiger partial charge in [-0.25, -0.2) is 0 Å². The summed E-state index contributed by atoms with van der Waals surface area (Å²) in [5, 5.41) is 2.10. The highest BCUT2D eigenvalue weighted by Crippen LogP contribution is 2.32. The molecule has 90 valence electrons. The summed E-state index contributed by atoms with van der Waals surface area (Å²) < 4.78 is 0. The van der Waals surface area contributed by atoms with E-state index in [1.807, 2.05) is 18.2 Å². The van der Waals surface area contributed by atoms with Gasteiger partial charge in [-0.2, -0.15) is 0 Å². The maximum atomic E-state index is 6.06. The van der Waals surface area contributed by atoms with Crippen molar-refractivity contribution < 1.29 is 0 Å². The summed E-state index contributed by atoms with van der Waals surface area (Å²) in [4.78, 5) is 1.35. The lowest BCUT2D eigenvalue weighted by Gasteiger charge is -2.29. The monoisotopic (exact) mass is 246 g/mol. The van der Waals surface area contributed by atoms with E-state index in [9.17, 15) is 0 Å². The van der Waals surface area contributed by atoms with Crippen LogP contribution < -0.4 is 11.5 Å². The van der Waals surface area contributed by atoms with Crippen LogP contribution in [0.3, 0.4) is 0 Å². The third-order valence-electron chi connectivity index (χ3n) is 3.21. The standard InChI is InChI=1S/C14H18N2S/c1-14(10-15,9-11-5-4-8-17-11)12-6-2-3-7-13(12)16/h2-8H,9-10,15-16H2,1H3. The van der Waals surface area contributed by atoms with Crippen LogP contribution in [0.15, 0.2) is 41.8 Å². The van der Waals surface area contributed by atoms with Crippen LogP contribution in [-0.4, -0.2) is 6.54 Å². The fourth-order valence-electron chi connectivity index (χ4n) is 2.12. The summed E-state index contributed by atoms with van der Waals surface area (Å²) >= 11 is 1.77. The van der Waals surface area contributed by atoms with Gasteiger partial charge in [0.2, 0.25) is 0 Å². The number of hydrogen-bond donors (Lipinski definition) is 2. The van der Waals surface area contributed by atoms with Crippen LogP contribution in [0, 0.1) is 0 Å². The molecule has 0 aliphatic heterocycles. The minimum atomic E-state index is -0.0871. The molecule has 0 radical (unpaired) electrons. The van der Waals surface area contributed by atoms with Crippen molar-refractivity contribution in [2.45, 2.75) is 18.8 Å². The first-order valence-corrected chi connectivity index (χ1v) is 6.61. The highest BCUT2D eigenvalue weighted by molar-refractivity contribution is 7.09. The van der Waals surface area contributed by atoms with Gasteiger partial charge in [0.15, 0.2) is 0 Å². The molecule has 0 aliphatic carbocycles. The Balaban J connectivity index is 2.34. The number of hydrogen-bond acceptors (Lipinski definition) is 3. The number of thiophene rings is 1. The van der Waals surface area contributed by atoms with Gasteiger partial charge >= 0.3 is 0 Å². The van der Waals surface area contributed by atoms with Gasteiger partial charge in [-0.3, -0.25) is 0 Å². The molecule has 4 N–H and O–H groups in total. The SMILES string of the molecule is CC(CN)(Cc1cccs1)c1ccccc1N. The third-order valence-corrected chi connectivity index (χ3v) is 4.08. The maximum Gasteiger partial charge on any atom is 0.0352 e. The summed E-state index contributed by atoms with van der Waals surface area (Å²) in [6.45, 7) is 2.78. The second kappa shape index (κ2) is 4.90. The zero-order valence-electron chi connectivity index (χ0n) is 10.0. The van der Waals surface area contributed by atoms with Gasteiger partial charge in [-0.15, -0.1) is 11.3 Å². The van der Waals surface area contributed by atoms with Gasteiger partial charge in [0.1, 0.15) is 0 Å². The van der Waals surface area contributed by atoms with Crippen LogP contribution in [0.4, 0.5) is 5.69 Å². The van der Waals surface area contributed by atoms with Crippen molar-refractivity contribution in [2.24, 2.45) is 5.73 Å². The Bertz CT molecular complexity index is 479. The summed E-state index contributed by atoms with van der Waals surface area (Å²) in [7, 11) is 0. The first-order valence-electron chi connectivity index (χ1n) is 5.73. The van der Waals surface area contributed by atoms with Gasteiger partial charge in [-0.05, 0) is 29.5 Å². The van der Waals surface area contributed by atoms with Crippen molar-refractivity contribution in [2.75, 3.05) is 12.3 Å². The summed E-state index contributed by atoms with van der Waals surface area (Å²) in [6, 6.07) is 12.2. The molecular weight excluding hydrogens is 228 g/mol. The first-order chi connectivity index (χ1) is 8.15. The molecule has 2 aromatic rings. The van der Waals surface area contributed by atoms with Crippen molar-refractivity contribution in [3.05, 3.63) is 52.2 Å². The van der Waals surface area contributed by atoms with E-state index < -0.39 is 0 Å². The lowest BCUT2D eigenvalue weighted by molar-refractivity contribution is 0.486. The average Bonchev–Trinajstić information content (AvgIpc) is 2.82. The molecule has 0 spiro atoms. The van der Waals surface area contributed by atoms with Crippen LogP contribution in [0.1, 0.15) is 17.4 Å². The van der Waals surface area contributed by atoms with E-state index in [0.717, 1.165) is 17.7 Å². The van der Waals surface area contributed by atoms with Crippen LogP contribution in [0.5, 0.6) is 0 Å². The summed E-state index contributed by atoms with van der Waals surface area (Å²) in [5.41, 5.74) is 13.9. The number of nitrogens with two attached hydrogens (primary N) is 2. The molecule has 0 saturated heterocycles. The van der Waals surface area contributed by atoms with Gasteiger partial charge in [-0.1, -0.05) is 31.2 Å². The van der Waals surface area contributed by atoms with Crippen LogP contribution in [0.2, 0.25) is 0 Å². The molecule has 1 heterocycles. The number of anilines is 1. The van der Waals surface area contributed by atoms with Gasteiger partial charge < -0.3 is 11.5 Å². The molecular formula is C14H18N2S. The highest BCUT2D eigenvalue weighted by atomic mass is 32.1. The van der Waals surface area contributed by atoms with E-state index in [4.69, 9.17) is 11.5 Å². The fourth-order valence-corrected chi connectivity index (χ4v) is 3.01. The van der Waals surface area contributed by atoms with E-state index in [0.29, 0.717) is 6.54 Å². The largest absolute Gasteiger partial charge is 0.398 e. The summed E-state index contributed by atoms with van der Waals surface area (Å²) in [5.74, 6) is 0. The van der Waals surface area contributed by atoms with Crippen molar-refractivity contribution in [3.63, 3.8) is 0 Å². The molecule has 0 saturated carbocycles. The Morgan fingerprint density at radius 2 is 1.94 bits per heavy atom. The number of para-hydroxylation sites is 1. The molecule has 17 heavy (non-hydrogen) atoms. The maximum absolute atomic E-state index is 6.06. The lowest BCUT2D eigenvalue weighted by atomic mass is 9.78. The van der Waals surface area contributed by atoms with Crippen LogP contribution >= 0.6 is 11.3 Å². The smallest absolute Gasteiger partial charge is 0.0352 e. The van der Waals surface area contributed by atoms with Gasteiger partial charge in [0.05, 0.1) is 0 Å². The molecule has 0 aliphatic rings. The molecule has 1 atom stereocenters. The molecule has 0 fully saturated rings. The van der Waals surface area contributed by atoms with Gasteiger partial charge in [0.25, 0.3) is 0 Å². The van der Waals surface area contributed by atoms with E-state index in [1.165, 1.54) is 4.88 Å². The third kappa shape index (κ3) is 2.51. The second-order valence-electron chi connectivity index (χ2n) is 4.61. The normalized spacial score (nSPS) is 14.5. The Morgan fingerprint density at radius 3 is 2.53 bits per heavy atom. The van der Waals surface area contributed by atoms with E-state index >= 15 is 0 Å². The fraction of sp³-hybridized carbons (Fsp3) is 0.286. The van der Waals surface area contributed by atoms with E-state index in [2.05, 4.69) is 30.5 Å². The summed E-state index contributed by atoms with van der Waals surface area (Å²) in [6.07, 6.45) is 0.940. The molecule has 1 aromatic heterocycles. The molecule has 2 rings (SSSR count). The molecule has 0 bridgehead atoms. The Morgan fingerprint density at radius 1 is 1.18 bits per heavy atom.